The average molecular weight is 248 g/mol. The number of nitrogens with one attached hydrogen (secondary N) is 1. The minimum absolute atomic E-state index is 0.265. The maximum atomic E-state index is 5.79. The molecule has 1 aromatic carbocycles. The van der Waals surface area contributed by atoms with Crippen LogP contribution in [0.3, 0.4) is 0 Å². The lowest BCUT2D eigenvalue weighted by Crippen LogP contribution is -2.33. The van der Waals surface area contributed by atoms with Gasteiger partial charge in [-0.1, -0.05) is 19.4 Å². The molecule has 3 unspecified atom stereocenters. The van der Waals surface area contributed by atoms with E-state index in [2.05, 4.69) is 31.4 Å². The lowest BCUT2D eigenvalue weighted by Gasteiger charge is -2.25. The van der Waals surface area contributed by atoms with E-state index in [1.165, 1.54) is 30.4 Å². The van der Waals surface area contributed by atoms with Gasteiger partial charge >= 0.3 is 0 Å². The van der Waals surface area contributed by atoms with Crippen LogP contribution in [0.1, 0.15) is 43.4 Å². The second kappa shape index (κ2) is 5.72. The molecule has 1 fully saturated rings. The molecule has 1 aromatic rings. The Morgan fingerprint density at radius 3 is 2.67 bits per heavy atom. The van der Waals surface area contributed by atoms with Gasteiger partial charge in [-0.25, -0.2) is 0 Å². The average Bonchev–Trinajstić information content (AvgIpc) is 2.78. The zero-order valence-corrected chi connectivity index (χ0v) is 11.6. The van der Waals surface area contributed by atoms with Gasteiger partial charge in [0.15, 0.2) is 0 Å². The first-order chi connectivity index (χ1) is 8.65. The molecule has 0 heterocycles. The van der Waals surface area contributed by atoms with Crippen LogP contribution in [-0.2, 0) is 0 Å². The van der Waals surface area contributed by atoms with E-state index in [0.717, 1.165) is 11.7 Å². The van der Waals surface area contributed by atoms with E-state index < -0.39 is 0 Å². The summed E-state index contributed by atoms with van der Waals surface area (Å²) >= 11 is 0. The third-order valence-electron chi connectivity index (χ3n) is 4.20. The predicted octanol–water partition coefficient (Wildman–Crippen LogP) is 2.94. The van der Waals surface area contributed by atoms with Crippen molar-refractivity contribution in [3.63, 3.8) is 0 Å². The molecule has 1 aliphatic carbocycles. The van der Waals surface area contributed by atoms with Gasteiger partial charge in [0.2, 0.25) is 0 Å². The van der Waals surface area contributed by atoms with Crippen LogP contribution in [0.2, 0.25) is 0 Å². The molecular weight excluding hydrogens is 224 g/mol. The standard InChI is InChI=1S/C15H24N2O/c1-10-4-5-12(8-10)15(17-16)14-7-6-13(18-3)9-11(14)2/h6-7,9-10,12,15,17H,4-5,8,16H2,1-3H3. The Morgan fingerprint density at radius 2 is 2.17 bits per heavy atom. The van der Waals surface area contributed by atoms with Crippen LogP contribution in [0.25, 0.3) is 0 Å². The molecule has 3 atom stereocenters. The highest BCUT2D eigenvalue weighted by atomic mass is 16.5. The van der Waals surface area contributed by atoms with Crippen LogP contribution in [0.4, 0.5) is 0 Å². The molecule has 3 nitrogen and oxygen atoms in total. The van der Waals surface area contributed by atoms with Crippen molar-refractivity contribution in [2.75, 3.05) is 7.11 Å². The van der Waals surface area contributed by atoms with Gasteiger partial charge < -0.3 is 4.74 Å². The highest BCUT2D eigenvalue weighted by molar-refractivity contribution is 5.37. The van der Waals surface area contributed by atoms with Crippen molar-refractivity contribution >= 4 is 0 Å². The molecule has 3 N–H and O–H groups in total. The maximum absolute atomic E-state index is 5.79. The fraction of sp³-hybridized carbons (Fsp3) is 0.600. The van der Waals surface area contributed by atoms with E-state index in [0.29, 0.717) is 5.92 Å². The number of hydrazine groups is 1. The van der Waals surface area contributed by atoms with Crippen LogP contribution in [0.15, 0.2) is 18.2 Å². The molecule has 0 aliphatic heterocycles. The molecule has 0 radical (unpaired) electrons. The molecule has 100 valence electrons. The van der Waals surface area contributed by atoms with Crippen LogP contribution in [0, 0.1) is 18.8 Å². The Morgan fingerprint density at radius 1 is 1.39 bits per heavy atom. The molecule has 0 bridgehead atoms. The highest BCUT2D eigenvalue weighted by Gasteiger charge is 2.29. The van der Waals surface area contributed by atoms with Gasteiger partial charge in [-0.05, 0) is 54.9 Å². The normalized spacial score (nSPS) is 25.1. The first kappa shape index (κ1) is 13.4. The Labute approximate surface area is 110 Å². The van der Waals surface area contributed by atoms with Gasteiger partial charge in [0.05, 0.1) is 7.11 Å². The number of nitrogens with two attached hydrogens (primary N) is 1. The van der Waals surface area contributed by atoms with Crippen molar-refractivity contribution in [3.05, 3.63) is 29.3 Å². The van der Waals surface area contributed by atoms with Crippen LogP contribution < -0.4 is 16.0 Å². The summed E-state index contributed by atoms with van der Waals surface area (Å²) < 4.78 is 5.25. The second-order valence-corrected chi connectivity index (χ2v) is 5.55. The van der Waals surface area contributed by atoms with Crippen molar-refractivity contribution in [1.82, 2.24) is 5.43 Å². The number of benzene rings is 1. The second-order valence-electron chi connectivity index (χ2n) is 5.55. The first-order valence-corrected chi connectivity index (χ1v) is 6.76. The summed E-state index contributed by atoms with van der Waals surface area (Å²) in [6, 6.07) is 6.51. The summed E-state index contributed by atoms with van der Waals surface area (Å²) in [6.45, 7) is 4.45. The number of methoxy groups -OCH3 is 1. The summed E-state index contributed by atoms with van der Waals surface area (Å²) in [4.78, 5) is 0. The first-order valence-electron chi connectivity index (χ1n) is 6.76. The number of aryl methyl sites for hydroxylation is 1. The molecule has 0 spiro atoms. The molecular formula is C15H24N2O. The Balaban J connectivity index is 2.22. The predicted molar refractivity (Wildman–Crippen MR) is 74.3 cm³/mol. The SMILES string of the molecule is COc1ccc(C(NN)C2CCC(C)C2)c(C)c1. The van der Waals surface area contributed by atoms with Gasteiger partial charge in [-0.3, -0.25) is 11.3 Å². The van der Waals surface area contributed by atoms with Gasteiger partial charge in [-0.2, -0.15) is 0 Å². The van der Waals surface area contributed by atoms with Crippen molar-refractivity contribution < 1.29 is 4.74 Å². The zero-order valence-electron chi connectivity index (χ0n) is 11.6. The molecule has 1 saturated carbocycles. The van der Waals surface area contributed by atoms with Crippen molar-refractivity contribution in [3.8, 4) is 5.75 Å². The van der Waals surface area contributed by atoms with Crippen molar-refractivity contribution in [2.24, 2.45) is 17.7 Å². The fourth-order valence-electron chi connectivity index (χ4n) is 3.16. The maximum Gasteiger partial charge on any atom is 0.119 e. The quantitative estimate of drug-likeness (QED) is 0.636. The Hall–Kier alpha value is -1.06. The smallest absolute Gasteiger partial charge is 0.119 e. The van der Waals surface area contributed by atoms with Gasteiger partial charge in [0, 0.05) is 6.04 Å². The highest BCUT2D eigenvalue weighted by Crippen LogP contribution is 2.39. The van der Waals surface area contributed by atoms with E-state index in [1.807, 2.05) is 6.07 Å². The Bertz CT molecular complexity index is 405. The third kappa shape index (κ3) is 2.68. The lowest BCUT2D eigenvalue weighted by molar-refractivity contribution is 0.362. The van der Waals surface area contributed by atoms with Crippen molar-refractivity contribution in [2.45, 2.75) is 39.2 Å². The number of hydrogen-bond donors (Lipinski definition) is 2. The largest absolute Gasteiger partial charge is 0.497 e. The molecule has 2 rings (SSSR count). The summed E-state index contributed by atoms with van der Waals surface area (Å²) in [6.07, 6.45) is 3.85. The molecule has 0 saturated heterocycles. The molecule has 0 aromatic heterocycles. The van der Waals surface area contributed by atoms with E-state index in [4.69, 9.17) is 10.6 Å². The lowest BCUT2D eigenvalue weighted by atomic mass is 9.89. The summed E-state index contributed by atoms with van der Waals surface area (Å²) in [5, 5.41) is 0. The zero-order chi connectivity index (χ0) is 13.1. The minimum atomic E-state index is 0.265. The molecule has 18 heavy (non-hydrogen) atoms. The number of ether oxygens (including phenoxy) is 1. The Kier molecular flexibility index (Phi) is 4.25. The van der Waals surface area contributed by atoms with Crippen LogP contribution in [0.5, 0.6) is 5.75 Å². The summed E-state index contributed by atoms with van der Waals surface area (Å²) in [5.74, 6) is 8.17. The molecule has 0 amide bonds. The van der Waals surface area contributed by atoms with E-state index in [-0.39, 0.29) is 6.04 Å². The summed E-state index contributed by atoms with van der Waals surface area (Å²) in [7, 11) is 1.70. The monoisotopic (exact) mass is 248 g/mol. The molecule has 3 heteroatoms. The van der Waals surface area contributed by atoms with E-state index in [1.54, 1.807) is 7.11 Å². The summed E-state index contributed by atoms with van der Waals surface area (Å²) in [5.41, 5.74) is 5.57. The fourth-order valence-corrected chi connectivity index (χ4v) is 3.16. The number of hydrogen-bond acceptors (Lipinski definition) is 3. The topological polar surface area (TPSA) is 47.3 Å². The van der Waals surface area contributed by atoms with Crippen LogP contribution in [-0.4, -0.2) is 7.11 Å². The van der Waals surface area contributed by atoms with Crippen molar-refractivity contribution in [1.29, 1.82) is 0 Å². The van der Waals surface area contributed by atoms with E-state index >= 15 is 0 Å². The van der Waals surface area contributed by atoms with Gasteiger partial charge in [-0.15, -0.1) is 0 Å². The van der Waals surface area contributed by atoms with Gasteiger partial charge in [0.1, 0.15) is 5.75 Å². The van der Waals surface area contributed by atoms with Gasteiger partial charge in [0.25, 0.3) is 0 Å². The third-order valence-corrected chi connectivity index (χ3v) is 4.20. The minimum Gasteiger partial charge on any atom is -0.497 e. The number of rotatable bonds is 4. The van der Waals surface area contributed by atoms with Crippen LogP contribution >= 0.6 is 0 Å². The van der Waals surface area contributed by atoms with E-state index in [9.17, 15) is 0 Å². The molecule has 1 aliphatic rings.